The van der Waals surface area contributed by atoms with Crippen molar-refractivity contribution in [2.75, 3.05) is 19.6 Å². The zero-order valence-corrected chi connectivity index (χ0v) is 12.9. The summed E-state index contributed by atoms with van der Waals surface area (Å²) in [5, 5.41) is 0. The number of aromatic nitrogens is 1. The van der Waals surface area contributed by atoms with Crippen molar-refractivity contribution < 1.29 is 22.4 Å². The monoisotopic (exact) mass is 334 g/mol. The first-order valence-electron chi connectivity index (χ1n) is 7.24. The number of halogens is 4. The largest absolute Gasteiger partial charge is 0.431 e. The Labute approximate surface area is 130 Å². The van der Waals surface area contributed by atoms with Gasteiger partial charge in [-0.05, 0) is 32.4 Å². The summed E-state index contributed by atoms with van der Waals surface area (Å²) in [6, 6.07) is 1.66. The minimum atomic E-state index is -4.68. The van der Waals surface area contributed by atoms with E-state index in [0.717, 1.165) is 19.1 Å². The zero-order valence-electron chi connectivity index (χ0n) is 12.9. The number of nitrogens with zero attached hydrogens (tertiary/aromatic N) is 2. The minimum absolute atomic E-state index is 0.172. The number of likely N-dealkylation sites (tertiary alicyclic amines) is 1. The number of hydrogen-bond donors (Lipinski definition) is 0. The summed E-state index contributed by atoms with van der Waals surface area (Å²) in [5.41, 5.74) is -3.53. The van der Waals surface area contributed by atoms with Gasteiger partial charge in [0.2, 0.25) is 0 Å². The molecule has 1 aromatic heterocycles. The van der Waals surface area contributed by atoms with Gasteiger partial charge in [-0.1, -0.05) is 0 Å². The van der Waals surface area contributed by atoms with Crippen LogP contribution in [0.4, 0.5) is 17.6 Å². The molecule has 23 heavy (non-hydrogen) atoms. The van der Waals surface area contributed by atoms with E-state index in [1.807, 2.05) is 0 Å². The van der Waals surface area contributed by atoms with Crippen LogP contribution in [-0.4, -0.2) is 40.6 Å². The van der Waals surface area contributed by atoms with E-state index < -0.39 is 28.9 Å². The third-order valence-corrected chi connectivity index (χ3v) is 3.81. The third kappa shape index (κ3) is 3.99. The Kier molecular flexibility index (Phi) is 4.66. The smallest absolute Gasteiger partial charge is 0.304 e. The van der Waals surface area contributed by atoms with Crippen molar-refractivity contribution in [2.24, 2.45) is 0 Å². The summed E-state index contributed by atoms with van der Waals surface area (Å²) in [6.07, 6.45) is -4.41. The predicted octanol–water partition coefficient (Wildman–Crippen LogP) is 2.50. The van der Waals surface area contributed by atoms with Crippen LogP contribution in [0.15, 0.2) is 16.9 Å². The second kappa shape index (κ2) is 6.07. The summed E-state index contributed by atoms with van der Waals surface area (Å²) in [5.74, 6) is -0.576. The van der Waals surface area contributed by atoms with Crippen LogP contribution in [0.25, 0.3) is 0 Å². The topological polar surface area (TPSA) is 42.3 Å². The van der Waals surface area contributed by atoms with Gasteiger partial charge in [-0.2, -0.15) is 13.2 Å². The molecule has 2 heterocycles. The lowest BCUT2D eigenvalue weighted by atomic mass is 9.99. The average Bonchev–Trinajstić information content (AvgIpc) is 2.36. The molecular weight excluding hydrogens is 316 g/mol. The maximum atomic E-state index is 13.3. The molecule has 1 aliphatic heterocycles. The second-order valence-electron chi connectivity index (χ2n) is 6.12. The van der Waals surface area contributed by atoms with E-state index in [9.17, 15) is 27.2 Å². The standard InChI is InChI=1S/C15H18F4N2O2/c1-10(22)11-4-5-12(15(17,18)19)21(13(11)23)7-3-6-20-8-14(2,16)9-20/h4-5H,3,6-9H2,1-2H3. The average molecular weight is 334 g/mol. The van der Waals surface area contributed by atoms with Crippen LogP contribution in [0, 0.1) is 0 Å². The Bertz CT molecular complexity index is 656. The molecule has 1 aliphatic rings. The lowest BCUT2D eigenvalue weighted by molar-refractivity contribution is -0.144. The normalized spacial score (nSPS) is 17.8. The molecular formula is C15H18F4N2O2. The predicted molar refractivity (Wildman–Crippen MR) is 76.3 cm³/mol. The number of alkyl halides is 4. The maximum absolute atomic E-state index is 13.3. The Hall–Kier alpha value is -1.70. The molecule has 1 aromatic rings. The van der Waals surface area contributed by atoms with Crippen LogP contribution >= 0.6 is 0 Å². The first-order valence-corrected chi connectivity index (χ1v) is 7.24. The van der Waals surface area contributed by atoms with Crippen molar-refractivity contribution >= 4 is 5.78 Å². The summed E-state index contributed by atoms with van der Waals surface area (Å²) in [6.45, 7) is 3.30. The first-order chi connectivity index (χ1) is 10.5. The number of ketones is 1. The van der Waals surface area contributed by atoms with Gasteiger partial charge in [0.1, 0.15) is 11.4 Å². The van der Waals surface area contributed by atoms with E-state index >= 15 is 0 Å². The van der Waals surface area contributed by atoms with Gasteiger partial charge in [0, 0.05) is 26.2 Å². The van der Waals surface area contributed by atoms with Crippen molar-refractivity contribution in [1.82, 2.24) is 9.47 Å². The van der Waals surface area contributed by atoms with Gasteiger partial charge in [0.25, 0.3) is 5.56 Å². The van der Waals surface area contributed by atoms with E-state index in [2.05, 4.69) is 0 Å². The number of carbonyl (C=O) groups is 1. The van der Waals surface area contributed by atoms with Crippen molar-refractivity contribution in [3.63, 3.8) is 0 Å². The Morgan fingerprint density at radius 2 is 1.87 bits per heavy atom. The van der Waals surface area contributed by atoms with Gasteiger partial charge >= 0.3 is 6.18 Å². The minimum Gasteiger partial charge on any atom is -0.304 e. The van der Waals surface area contributed by atoms with Gasteiger partial charge in [-0.25, -0.2) is 4.39 Å². The molecule has 1 fully saturated rings. The summed E-state index contributed by atoms with van der Waals surface area (Å²) >= 11 is 0. The van der Waals surface area contributed by atoms with Crippen LogP contribution < -0.4 is 5.56 Å². The fourth-order valence-corrected chi connectivity index (χ4v) is 2.81. The van der Waals surface area contributed by atoms with Gasteiger partial charge in [0.05, 0.1) is 5.56 Å². The van der Waals surface area contributed by atoms with Crippen molar-refractivity contribution in [1.29, 1.82) is 0 Å². The van der Waals surface area contributed by atoms with Crippen molar-refractivity contribution in [3.05, 3.63) is 33.7 Å². The molecule has 0 aliphatic carbocycles. The molecule has 1 saturated heterocycles. The van der Waals surface area contributed by atoms with Gasteiger partial charge in [-0.15, -0.1) is 0 Å². The molecule has 0 amide bonds. The second-order valence-corrected chi connectivity index (χ2v) is 6.12. The van der Waals surface area contributed by atoms with Crippen molar-refractivity contribution in [3.8, 4) is 0 Å². The highest BCUT2D eigenvalue weighted by molar-refractivity contribution is 5.93. The molecule has 128 valence electrons. The Balaban J connectivity index is 2.16. The van der Waals surface area contributed by atoms with E-state index in [-0.39, 0.29) is 31.6 Å². The molecule has 0 saturated carbocycles. The van der Waals surface area contributed by atoms with Gasteiger partial charge < -0.3 is 4.57 Å². The van der Waals surface area contributed by atoms with Gasteiger partial charge in [-0.3, -0.25) is 14.5 Å². The highest BCUT2D eigenvalue weighted by atomic mass is 19.4. The number of pyridine rings is 1. The summed E-state index contributed by atoms with van der Waals surface area (Å²) < 4.78 is 53.0. The summed E-state index contributed by atoms with van der Waals surface area (Å²) in [4.78, 5) is 25.2. The molecule has 0 aromatic carbocycles. The number of hydrogen-bond acceptors (Lipinski definition) is 3. The van der Waals surface area contributed by atoms with E-state index in [1.54, 1.807) is 4.90 Å². The lowest BCUT2D eigenvalue weighted by Gasteiger charge is -2.42. The van der Waals surface area contributed by atoms with E-state index in [1.165, 1.54) is 6.92 Å². The molecule has 0 N–H and O–H groups in total. The highest BCUT2D eigenvalue weighted by Crippen LogP contribution is 2.29. The summed E-state index contributed by atoms with van der Waals surface area (Å²) in [7, 11) is 0. The van der Waals surface area contributed by atoms with Crippen LogP contribution in [-0.2, 0) is 12.7 Å². The lowest BCUT2D eigenvalue weighted by Crippen LogP contribution is -2.57. The molecule has 8 heteroatoms. The fraction of sp³-hybridized carbons (Fsp3) is 0.600. The third-order valence-electron chi connectivity index (χ3n) is 3.81. The van der Waals surface area contributed by atoms with Crippen LogP contribution in [0.5, 0.6) is 0 Å². The Morgan fingerprint density at radius 3 is 2.35 bits per heavy atom. The van der Waals surface area contributed by atoms with Crippen LogP contribution in [0.2, 0.25) is 0 Å². The van der Waals surface area contributed by atoms with E-state index in [4.69, 9.17) is 0 Å². The molecule has 0 atom stereocenters. The molecule has 0 unspecified atom stereocenters. The molecule has 2 rings (SSSR count). The first kappa shape index (κ1) is 17.7. The highest BCUT2D eigenvalue weighted by Gasteiger charge is 2.38. The quantitative estimate of drug-likeness (QED) is 0.614. The zero-order chi connectivity index (χ0) is 17.4. The van der Waals surface area contributed by atoms with Gasteiger partial charge in [0.15, 0.2) is 5.78 Å². The number of carbonyl (C=O) groups excluding carboxylic acids is 1. The van der Waals surface area contributed by atoms with Crippen LogP contribution in [0.1, 0.15) is 36.3 Å². The van der Waals surface area contributed by atoms with Crippen molar-refractivity contribution in [2.45, 2.75) is 38.7 Å². The fourth-order valence-electron chi connectivity index (χ4n) is 2.81. The van der Waals surface area contributed by atoms with E-state index in [0.29, 0.717) is 11.1 Å². The number of Topliss-reactive ketones (excluding diaryl/α,β-unsaturated/α-hetero) is 1. The molecule has 0 spiro atoms. The molecule has 4 nitrogen and oxygen atoms in total. The Morgan fingerprint density at radius 1 is 1.26 bits per heavy atom. The number of rotatable bonds is 5. The molecule has 0 bridgehead atoms. The SMILES string of the molecule is CC(=O)c1ccc(C(F)(F)F)n(CCCN2CC(C)(F)C2)c1=O. The maximum Gasteiger partial charge on any atom is 0.431 e. The molecule has 0 radical (unpaired) electrons. The van der Waals surface area contributed by atoms with Crippen LogP contribution in [0.3, 0.4) is 0 Å².